The van der Waals surface area contributed by atoms with Gasteiger partial charge in [0.25, 0.3) is 0 Å². The molecule has 4 heteroatoms. The van der Waals surface area contributed by atoms with Gasteiger partial charge in [-0.2, -0.15) is 0 Å². The summed E-state index contributed by atoms with van der Waals surface area (Å²) in [6, 6.07) is 13.8. The first-order valence-corrected chi connectivity index (χ1v) is 8.37. The molecule has 2 aromatic carbocycles. The minimum atomic E-state index is -1.06. The minimum Gasteiger partial charge on any atom is -0.491 e. The van der Waals surface area contributed by atoms with Crippen LogP contribution in [-0.4, -0.2) is 10.3 Å². The summed E-state index contributed by atoms with van der Waals surface area (Å²) in [4.78, 5) is 0. The molecule has 0 saturated heterocycles. The number of hydrogen-bond donors (Lipinski definition) is 0. The summed E-state index contributed by atoms with van der Waals surface area (Å²) in [5.41, 5.74) is 1.81. The average Bonchev–Trinajstić information content (AvgIpc) is 2.43. The maximum absolute atomic E-state index is 12.9. The molecule has 0 radical (unpaired) electrons. The van der Waals surface area contributed by atoms with Gasteiger partial charge >= 0.3 is 0 Å². The van der Waals surface area contributed by atoms with Crippen LogP contribution in [0.5, 0.6) is 5.75 Å². The molecule has 0 aliphatic rings. The Morgan fingerprint density at radius 3 is 2.38 bits per heavy atom. The van der Waals surface area contributed by atoms with E-state index in [4.69, 9.17) is 4.74 Å². The fourth-order valence-electron chi connectivity index (χ4n) is 1.98. The second-order valence-electron chi connectivity index (χ2n) is 5.13. The number of halogens is 1. The molecule has 0 amide bonds. The second kappa shape index (κ2) is 7.36. The van der Waals surface area contributed by atoms with E-state index in [1.54, 1.807) is 12.1 Å². The molecule has 0 N–H and O–H groups in total. The molecule has 0 saturated carbocycles. The number of benzene rings is 2. The second-order valence-corrected chi connectivity index (χ2v) is 6.59. The highest BCUT2D eigenvalue weighted by molar-refractivity contribution is 7.83. The molecule has 2 rings (SSSR count). The summed E-state index contributed by atoms with van der Waals surface area (Å²) in [6.45, 7) is 3.93. The largest absolute Gasteiger partial charge is 0.491 e. The van der Waals surface area contributed by atoms with Crippen molar-refractivity contribution in [2.45, 2.75) is 31.5 Å². The lowest BCUT2D eigenvalue weighted by Gasteiger charge is -2.14. The monoisotopic (exact) mass is 306 g/mol. The molecule has 0 heterocycles. The fraction of sp³-hybridized carbons (Fsp3) is 0.294. The van der Waals surface area contributed by atoms with Crippen molar-refractivity contribution in [2.24, 2.45) is 0 Å². The third-order valence-electron chi connectivity index (χ3n) is 2.89. The lowest BCUT2D eigenvalue weighted by Crippen LogP contribution is -2.08. The Bertz CT molecular complexity index is 608. The molecule has 0 spiro atoms. The van der Waals surface area contributed by atoms with E-state index in [0.29, 0.717) is 11.5 Å². The predicted molar refractivity (Wildman–Crippen MR) is 84.2 cm³/mol. The normalized spacial score (nSPS) is 12.4. The maximum Gasteiger partial charge on any atom is 0.123 e. The Balaban J connectivity index is 2.04. The van der Waals surface area contributed by atoms with Crippen LogP contribution in [0.25, 0.3) is 0 Å². The van der Waals surface area contributed by atoms with Crippen LogP contribution >= 0.6 is 0 Å². The van der Waals surface area contributed by atoms with Crippen molar-refractivity contribution in [3.63, 3.8) is 0 Å². The van der Waals surface area contributed by atoms with Crippen LogP contribution < -0.4 is 4.74 Å². The van der Waals surface area contributed by atoms with Gasteiger partial charge in [0.2, 0.25) is 0 Å². The molecule has 21 heavy (non-hydrogen) atoms. The summed E-state index contributed by atoms with van der Waals surface area (Å²) in [6.07, 6.45) is 0.0803. The standard InChI is InChI=1S/C17H19FO2S/c1-13(2)20-17-6-4-3-5-15(17)12-21(19)11-14-7-9-16(18)10-8-14/h3-10,13H,11-12H2,1-2H3/t21-/m0/s1. The lowest BCUT2D eigenvalue weighted by molar-refractivity contribution is 0.240. The van der Waals surface area contributed by atoms with E-state index in [0.717, 1.165) is 16.9 Å². The van der Waals surface area contributed by atoms with Crippen molar-refractivity contribution in [3.8, 4) is 5.75 Å². The maximum atomic E-state index is 12.9. The third-order valence-corrected chi connectivity index (χ3v) is 4.18. The Kier molecular flexibility index (Phi) is 5.51. The number of hydrogen-bond acceptors (Lipinski definition) is 2. The summed E-state index contributed by atoms with van der Waals surface area (Å²) in [5, 5.41) is 0. The number of ether oxygens (including phenoxy) is 1. The lowest BCUT2D eigenvalue weighted by atomic mass is 10.2. The summed E-state index contributed by atoms with van der Waals surface area (Å²) >= 11 is 0. The Morgan fingerprint density at radius 1 is 1.05 bits per heavy atom. The van der Waals surface area contributed by atoms with Crippen LogP contribution in [-0.2, 0) is 22.3 Å². The smallest absolute Gasteiger partial charge is 0.123 e. The molecule has 2 nitrogen and oxygen atoms in total. The van der Waals surface area contributed by atoms with Crippen LogP contribution in [0.2, 0.25) is 0 Å². The molecule has 0 unspecified atom stereocenters. The first kappa shape index (κ1) is 15.7. The molecule has 0 fully saturated rings. The quantitative estimate of drug-likeness (QED) is 0.804. The van der Waals surface area contributed by atoms with Crippen molar-refractivity contribution < 1.29 is 13.3 Å². The number of para-hydroxylation sites is 1. The van der Waals surface area contributed by atoms with Gasteiger partial charge in [-0.15, -0.1) is 0 Å². The van der Waals surface area contributed by atoms with Crippen molar-refractivity contribution in [3.05, 3.63) is 65.5 Å². The molecule has 0 aromatic heterocycles. The Labute approximate surface area is 127 Å². The highest BCUT2D eigenvalue weighted by Gasteiger charge is 2.09. The molecular formula is C17H19FO2S. The van der Waals surface area contributed by atoms with Gasteiger partial charge in [-0.25, -0.2) is 4.39 Å². The zero-order chi connectivity index (χ0) is 15.2. The number of rotatable bonds is 6. The van der Waals surface area contributed by atoms with Crippen LogP contribution in [0.1, 0.15) is 25.0 Å². The Morgan fingerprint density at radius 2 is 1.71 bits per heavy atom. The third kappa shape index (κ3) is 4.97. The molecule has 0 aliphatic heterocycles. The van der Waals surface area contributed by atoms with Crippen LogP contribution in [0, 0.1) is 5.82 Å². The van der Waals surface area contributed by atoms with E-state index in [1.165, 1.54) is 12.1 Å². The minimum absolute atomic E-state index is 0.0803. The van der Waals surface area contributed by atoms with Crippen molar-refractivity contribution >= 4 is 10.8 Å². The SMILES string of the molecule is CC(C)Oc1ccccc1C[S@@](=O)Cc1ccc(F)cc1. The van der Waals surface area contributed by atoms with E-state index >= 15 is 0 Å². The molecule has 2 aromatic rings. The molecule has 0 bridgehead atoms. The van der Waals surface area contributed by atoms with Crippen molar-refractivity contribution in [1.82, 2.24) is 0 Å². The topological polar surface area (TPSA) is 26.3 Å². The van der Waals surface area contributed by atoms with Gasteiger partial charge in [0, 0.05) is 22.1 Å². The zero-order valence-corrected chi connectivity index (χ0v) is 13.0. The average molecular weight is 306 g/mol. The summed E-state index contributed by atoms with van der Waals surface area (Å²) < 4.78 is 30.8. The molecule has 1 atom stereocenters. The van der Waals surface area contributed by atoms with E-state index in [9.17, 15) is 8.60 Å². The molecule has 0 aliphatic carbocycles. The van der Waals surface area contributed by atoms with Gasteiger partial charge in [-0.1, -0.05) is 30.3 Å². The fourth-order valence-corrected chi connectivity index (χ4v) is 3.23. The van der Waals surface area contributed by atoms with Gasteiger partial charge in [-0.3, -0.25) is 4.21 Å². The van der Waals surface area contributed by atoms with Crippen LogP contribution in [0.3, 0.4) is 0 Å². The highest BCUT2D eigenvalue weighted by atomic mass is 32.2. The highest BCUT2D eigenvalue weighted by Crippen LogP contribution is 2.22. The first-order valence-electron chi connectivity index (χ1n) is 6.88. The van der Waals surface area contributed by atoms with Gasteiger partial charge in [0.05, 0.1) is 11.9 Å². The first-order chi connectivity index (χ1) is 10.0. The summed E-state index contributed by atoms with van der Waals surface area (Å²) in [7, 11) is -1.06. The molecule has 112 valence electrons. The van der Waals surface area contributed by atoms with E-state index < -0.39 is 10.8 Å². The molecular weight excluding hydrogens is 287 g/mol. The zero-order valence-electron chi connectivity index (χ0n) is 12.2. The summed E-state index contributed by atoms with van der Waals surface area (Å²) in [5.74, 6) is 1.34. The van der Waals surface area contributed by atoms with Crippen LogP contribution in [0.4, 0.5) is 4.39 Å². The van der Waals surface area contributed by atoms with Gasteiger partial charge in [-0.05, 0) is 37.6 Å². The van der Waals surface area contributed by atoms with E-state index in [2.05, 4.69) is 0 Å². The predicted octanol–water partition coefficient (Wildman–Crippen LogP) is 4.06. The van der Waals surface area contributed by atoms with Crippen molar-refractivity contribution in [2.75, 3.05) is 0 Å². The Hall–Kier alpha value is -1.68. The van der Waals surface area contributed by atoms with Crippen LogP contribution in [0.15, 0.2) is 48.5 Å². The van der Waals surface area contributed by atoms with E-state index in [-0.39, 0.29) is 11.9 Å². The van der Waals surface area contributed by atoms with Crippen molar-refractivity contribution in [1.29, 1.82) is 0 Å². The van der Waals surface area contributed by atoms with Gasteiger partial charge in [0.15, 0.2) is 0 Å². The van der Waals surface area contributed by atoms with Gasteiger partial charge < -0.3 is 4.74 Å². The van der Waals surface area contributed by atoms with E-state index in [1.807, 2.05) is 38.1 Å². The van der Waals surface area contributed by atoms with Gasteiger partial charge in [0.1, 0.15) is 11.6 Å².